The third-order valence-corrected chi connectivity index (χ3v) is 3.39. The molecule has 1 aromatic rings. The van der Waals surface area contributed by atoms with E-state index in [2.05, 4.69) is 17.0 Å². The first-order valence-electron chi connectivity index (χ1n) is 6.12. The molecule has 0 radical (unpaired) electrons. The first kappa shape index (κ1) is 12.7. The summed E-state index contributed by atoms with van der Waals surface area (Å²) < 4.78 is 5.45. The van der Waals surface area contributed by atoms with Crippen LogP contribution in [-0.2, 0) is 11.2 Å². The highest BCUT2D eigenvalue weighted by atomic mass is 35.5. The molecule has 0 spiro atoms. The van der Waals surface area contributed by atoms with E-state index in [1.54, 1.807) is 0 Å². The van der Waals surface area contributed by atoms with Gasteiger partial charge in [-0.1, -0.05) is 17.7 Å². The molecule has 0 saturated carbocycles. The van der Waals surface area contributed by atoms with Crippen molar-refractivity contribution in [2.45, 2.75) is 12.8 Å². The van der Waals surface area contributed by atoms with Gasteiger partial charge in [0.05, 0.1) is 6.61 Å². The van der Waals surface area contributed by atoms with Gasteiger partial charge in [-0.05, 0) is 37.1 Å². The molecule has 1 saturated heterocycles. The summed E-state index contributed by atoms with van der Waals surface area (Å²) in [6.07, 6.45) is 1.91. The summed E-state index contributed by atoms with van der Waals surface area (Å²) in [5.74, 6) is 0. The van der Waals surface area contributed by atoms with E-state index in [0.717, 1.165) is 49.7 Å². The van der Waals surface area contributed by atoms with E-state index in [1.807, 2.05) is 6.07 Å². The lowest BCUT2D eigenvalue weighted by molar-refractivity contribution is 0.152. The van der Waals surface area contributed by atoms with Crippen molar-refractivity contribution in [2.24, 2.45) is 5.73 Å². The molecule has 0 aliphatic carbocycles. The first-order chi connectivity index (χ1) is 8.31. The molecule has 1 aromatic carbocycles. The van der Waals surface area contributed by atoms with Crippen LogP contribution in [0.25, 0.3) is 0 Å². The zero-order valence-corrected chi connectivity index (χ0v) is 10.7. The van der Waals surface area contributed by atoms with Gasteiger partial charge >= 0.3 is 0 Å². The minimum atomic E-state index is 0.636. The highest BCUT2D eigenvalue weighted by molar-refractivity contribution is 6.31. The van der Waals surface area contributed by atoms with Gasteiger partial charge in [-0.15, -0.1) is 0 Å². The highest BCUT2D eigenvalue weighted by Gasteiger charge is 2.11. The number of rotatable bonds is 3. The molecule has 0 aromatic heterocycles. The number of halogens is 1. The average molecular weight is 255 g/mol. The van der Waals surface area contributed by atoms with E-state index < -0.39 is 0 Å². The summed E-state index contributed by atoms with van der Waals surface area (Å²) in [5.41, 5.74) is 7.86. The molecule has 0 amide bonds. The number of anilines is 1. The van der Waals surface area contributed by atoms with Gasteiger partial charge in [0.25, 0.3) is 0 Å². The van der Waals surface area contributed by atoms with Crippen LogP contribution in [0.3, 0.4) is 0 Å². The largest absolute Gasteiger partial charge is 0.380 e. The molecule has 3 nitrogen and oxygen atoms in total. The Hall–Kier alpha value is -0.770. The van der Waals surface area contributed by atoms with Gasteiger partial charge in [0.15, 0.2) is 0 Å². The molecule has 17 heavy (non-hydrogen) atoms. The normalized spacial score (nSPS) is 16.9. The van der Waals surface area contributed by atoms with Crippen LogP contribution in [0.4, 0.5) is 5.69 Å². The topological polar surface area (TPSA) is 38.5 Å². The molecule has 1 heterocycles. The van der Waals surface area contributed by atoms with Gasteiger partial charge in [-0.2, -0.15) is 0 Å². The van der Waals surface area contributed by atoms with Gasteiger partial charge in [0.2, 0.25) is 0 Å². The Morgan fingerprint density at radius 3 is 2.94 bits per heavy atom. The van der Waals surface area contributed by atoms with Gasteiger partial charge in [-0.3, -0.25) is 0 Å². The maximum Gasteiger partial charge on any atom is 0.0641 e. The number of hydrogen-bond acceptors (Lipinski definition) is 3. The zero-order valence-electron chi connectivity index (χ0n) is 9.99. The number of benzene rings is 1. The Kier molecular flexibility index (Phi) is 4.66. The van der Waals surface area contributed by atoms with E-state index in [1.165, 1.54) is 5.69 Å². The van der Waals surface area contributed by atoms with Crippen LogP contribution in [0.1, 0.15) is 12.0 Å². The summed E-state index contributed by atoms with van der Waals surface area (Å²) in [4.78, 5) is 2.32. The number of nitrogens with two attached hydrogens (primary N) is 1. The van der Waals surface area contributed by atoms with E-state index in [4.69, 9.17) is 22.1 Å². The minimum absolute atomic E-state index is 0.636. The fourth-order valence-electron chi connectivity index (χ4n) is 2.10. The summed E-state index contributed by atoms with van der Waals surface area (Å²) in [6.45, 7) is 4.26. The molecule has 94 valence electrons. The van der Waals surface area contributed by atoms with Gasteiger partial charge in [0, 0.05) is 30.4 Å². The van der Waals surface area contributed by atoms with Crippen molar-refractivity contribution in [2.75, 3.05) is 37.7 Å². The van der Waals surface area contributed by atoms with Gasteiger partial charge in [-0.25, -0.2) is 0 Å². The predicted molar refractivity (Wildman–Crippen MR) is 71.9 cm³/mol. The average Bonchev–Trinajstić information content (AvgIpc) is 2.60. The summed E-state index contributed by atoms with van der Waals surface area (Å²) >= 11 is 6.25. The Labute approximate surface area is 107 Å². The maximum atomic E-state index is 6.25. The lowest BCUT2D eigenvalue weighted by atomic mass is 10.1. The molecule has 1 fully saturated rings. The minimum Gasteiger partial charge on any atom is -0.380 e. The quantitative estimate of drug-likeness (QED) is 0.898. The Balaban J connectivity index is 2.12. The van der Waals surface area contributed by atoms with Crippen molar-refractivity contribution >= 4 is 17.3 Å². The fourth-order valence-corrected chi connectivity index (χ4v) is 2.36. The molecular weight excluding hydrogens is 236 g/mol. The smallest absolute Gasteiger partial charge is 0.0641 e. The second-order valence-corrected chi connectivity index (χ2v) is 4.67. The number of hydrogen-bond donors (Lipinski definition) is 1. The van der Waals surface area contributed by atoms with Crippen molar-refractivity contribution < 1.29 is 4.74 Å². The van der Waals surface area contributed by atoms with Crippen molar-refractivity contribution in [3.8, 4) is 0 Å². The van der Waals surface area contributed by atoms with E-state index >= 15 is 0 Å². The van der Waals surface area contributed by atoms with Crippen molar-refractivity contribution in [1.29, 1.82) is 0 Å². The molecule has 0 atom stereocenters. The van der Waals surface area contributed by atoms with Crippen molar-refractivity contribution in [3.05, 3.63) is 28.8 Å². The van der Waals surface area contributed by atoms with Crippen molar-refractivity contribution in [3.63, 3.8) is 0 Å². The third kappa shape index (κ3) is 3.35. The second kappa shape index (κ2) is 6.24. The lowest BCUT2D eigenvalue weighted by Gasteiger charge is -2.22. The van der Waals surface area contributed by atoms with Crippen LogP contribution < -0.4 is 10.6 Å². The molecule has 2 rings (SSSR count). The lowest BCUT2D eigenvalue weighted by Crippen LogP contribution is -2.25. The van der Waals surface area contributed by atoms with Crippen LogP contribution >= 0.6 is 11.6 Å². The van der Waals surface area contributed by atoms with Crippen LogP contribution in [0.2, 0.25) is 5.02 Å². The number of ether oxygens (including phenoxy) is 1. The molecule has 1 aliphatic rings. The Morgan fingerprint density at radius 2 is 2.18 bits per heavy atom. The molecule has 0 unspecified atom stereocenters. The molecule has 1 aliphatic heterocycles. The summed E-state index contributed by atoms with van der Waals surface area (Å²) in [5, 5.41) is 0.818. The maximum absolute atomic E-state index is 6.25. The van der Waals surface area contributed by atoms with Crippen LogP contribution in [0, 0.1) is 0 Å². The van der Waals surface area contributed by atoms with Gasteiger partial charge < -0.3 is 15.4 Å². The zero-order chi connectivity index (χ0) is 12.1. The summed E-state index contributed by atoms with van der Waals surface area (Å²) in [7, 11) is 0. The van der Waals surface area contributed by atoms with E-state index in [9.17, 15) is 0 Å². The van der Waals surface area contributed by atoms with E-state index in [-0.39, 0.29) is 0 Å². The van der Waals surface area contributed by atoms with E-state index in [0.29, 0.717) is 6.54 Å². The highest BCUT2D eigenvalue weighted by Crippen LogP contribution is 2.24. The molecule has 2 N–H and O–H groups in total. The van der Waals surface area contributed by atoms with Crippen molar-refractivity contribution in [1.82, 2.24) is 0 Å². The van der Waals surface area contributed by atoms with Crippen LogP contribution in [0.5, 0.6) is 0 Å². The third-order valence-electron chi connectivity index (χ3n) is 3.04. The molecular formula is C13H19ClN2O. The Bertz CT molecular complexity index is 362. The second-order valence-electron chi connectivity index (χ2n) is 4.27. The number of nitrogens with zero attached hydrogens (tertiary/aromatic N) is 1. The van der Waals surface area contributed by atoms with Crippen LogP contribution in [0.15, 0.2) is 18.2 Å². The standard InChI is InChI=1S/C13H19ClN2O/c14-13-10-12(3-2-11(13)4-5-15)16-6-1-8-17-9-7-16/h2-3,10H,1,4-9,15H2. The van der Waals surface area contributed by atoms with Crippen LogP contribution in [-0.4, -0.2) is 32.8 Å². The first-order valence-corrected chi connectivity index (χ1v) is 6.50. The molecule has 4 heteroatoms. The monoisotopic (exact) mass is 254 g/mol. The summed E-state index contributed by atoms with van der Waals surface area (Å²) in [6, 6.07) is 6.25. The molecule has 0 bridgehead atoms. The SMILES string of the molecule is NCCc1ccc(N2CCCOCC2)cc1Cl. The Morgan fingerprint density at radius 1 is 1.29 bits per heavy atom. The predicted octanol–water partition coefficient (Wildman–Crippen LogP) is 2.07. The fraction of sp³-hybridized carbons (Fsp3) is 0.538. The van der Waals surface area contributed by atoms with Gasteiger partial charge in [0.1, 0.15) is 0 Å².